The van der Waals surface area contributed by atoms with Crippen molar-refractivity contribution in [2.45, 2.75) is 13.5 Å². The summed E-state index contributed by atoms with van der Waals surface area (Å²) in [4.78, 5) is 12.5. The largest absolute Gasteiger partial charge is 0.462 e. The molecule has 0 unspecified atom stereocenters. The van der Waals surface area contributed by atoms with Crippen LogP contribution in [0.1, 0.15) is 23.0 Å². The molecule has 0 aliphatic heterocycles. The third-order valence-corrected chi connectivity index (χ3v) is 5.18. The number of aromatic nitrogens is 1. The number of esters is 1. The average Bonchev–Trinajstić information content (AvgIpc) is 3.00. The monoisotopic (exact) mass is 376 g/mol. The summed E-state index contributed by atoms with van der Waals surface area (Å²) in [6, 6.07) is 16.6. The van der Waals surface area contributed by atoms with Gasteiger partial charge in [-0.2, -0.15) is 0 Å². The number of nitrogens with zero attached hydrogens (tertiary/aromatic N) is 1. The van der Waals surface area contributed by atoms with Gasteiger partial charge < -0.3 is 15.0 Å². The third-order valence-electron chi connectivity index (χ3n) is 5.18. The van der Waals surface area contributed by atoms with Gasteiger partial charge in [-0.1, -0.05) is 42.5 Å². The Hall–Kier alpha value is -3.18. The molecule has 5 heteroatoms. The van der Waals surface area contributed by atoms with Gasteiger partial charge in [-0.25, -0.2) is 9.18 Å². The van der Waals surface area contributed by atoms with Crippen LogP contribution in [0.15, 0.2) is 54.6 Å². The van der Waals surface area contributed by atoms with Crippen LogP contribution in [-0.2, 0) is 18.3 Å². The number of fused-ring (bicyclic) bond motifs is 2. The third kappa shape index (κ3) is 2.75. The molecule has 3 aromatic carbocycles. The van der Waals surface area contributed by atoms with E-state index in [1.165, 1.54) is 6.07 Å². The second kappa shape index (κ2) is 7.09. The average molecular weight is 376 g/mol. The van der Waals surface area contributed by atoms with E-state index in [9.17, 15) is 9.18 Å². The highest BCUT2D eigenvalue weighted by molar-refractivity contribution is 6.07. The fourth-order valence-electron chi connectivity index (χ4n) is 3.84. The molecule has 0 saturated carbocycles. The van der Waals surface area contributed by atoms with Gasteiger partial charge in [-0.15, -0.1) is 0 Å². The number of ether oxygens (including phenoxy) is 1. The molecule has 4 rings (SSSR count). The Labute approximate surface area is 162 Å². The van der Waals surface area contributed by atoms with Crippen molar-refractivity contribution in [1.29, 1.82) is 0 Å². The van der Waals surface area contributed by atoms with Crippen molar-refractivity contribution in [3.63, 3.8) is 0 Å². The number of halogens is 1. The number of aryl methyl sites for hydroxylation is 1. The first-order valence-corrected chi connectivity index (χ1v) is 9.23. The van der Waals surface area contributed by atoms with Gasteiger partial charge in [-0.05, 0) is 35.6 Å². The Morgan fingerprint density at radius 3 is 2.54 bits per heavy atom. The number of hydrogen-bond donors (Lipinski definition) is 1. The first kappa shape index (κ1) is 18.2. The Kier molecular flexibility index (Phi) is 4.61. The Balaban J connectivity index is 1.96. The first-order chi connectivity index (χ1) is 13.6. The fraction of sp³-hybridized carbons (Fsp3) is 0.174. The highest BCUT2D eigenvalue weighted by atomic mass is 19.1. The summed E-state index contributed by atoms with van der Waals surface area (Å²) in [6.07, 6.45) is 0. The molecule has 28 heavy (non-hydrogen) atoms. The molecule has 0 saturated heterocycles. The topological polar surface area (TPSA) is 57.2 Å². The minimum absolute atomic E-state index is 0.230. The summed E-state index contributed by atoms with van der Waals surface area (Å²) in [5.74, 6) is -0.608. The summed E-state index contributed by atoms with van der Waals surface area (Å²) >= 11 is 0. The van der Waals surface area contributed by atoms with Gasteiger partial charge in [0.05, 0.1) is 12.2 Å². The highest BCUT2D eigenvalue weighted by Crippen LogP contribution is 2.34. The molecule has 0 radical (unpaired) electrons. The number of hydrogen-bond acceptors (Lipinski definition) is 3. The molecule has 0 spiro atoms. The zero-order chi connectivity index (χ0) is 19.8. The standard InChI is InChI=1S/C23H21FN2O2/c1-3-28-23(27)22-18-9-8-14(12-20(18)26(2)21(22)13-25)15-10-11-19(24)17-7-5-4-6-16(15)17/h4-12H,3,13,25H2,1-2H3. The number of nitrogens with two attached hydrogens (primary N) is 1. The van der Waals surface area contributed by atoms with E-state index in [4.69, 9.17) is 10.5 Å². The van der Waals surface area contributed by atoms with E-state index in [0.29, 0.717) is 17.6 Å². The lowest BCUT2D eigenvalue weighted by Crippen LogP contribution is -2.12. The molecule has 0 bridgehead atoms. The SMILES string of the molecule is CCOC(=O)c1c(CN)n(C)c2cc(-c3ccc(F)c4ccccc34)ccc12. The molecule has 2 N–H and O–H groups in total. The first-order valence-electron chi connectivity index (χ1n) is 9.23. The summed E-state index contributed by atoms with van der Waals surface area (Å²) in [5.41, 5.74) is 9.93. The van der Waals surface area contributed by atoms with E-state index in [1.807, 2.05) is 48.0 Å². The van der Waals surface area contributed by atoms with Crippen LogP contribution in [0.3, 0.4) is 0 Å². The molecular formula is C23H21FN2O2. The Morgan fingerprint density at radius 1 is 1.07 bits per heavy atom. The molecule has 4 nitrogen and oxygen atoms in total. The van der Waals surface area contributed by atoms with Gasteiger partial charge in [0.2, 0.25) is 0 Å². The lowest BCUT2D eigenvalue weighted by molar-refractivity contribution is 0.0527. The van der Waals surface area contributed by atoms with E-state index >= 15 is 0 Å². The number of benzene rings is 3. The molecule has 0 atom stereocenters. The Morgan fingerprint density at radius 2 is 1.82 bits per heavy atom. The molecule has 1 heterocycles. The van der Waals surface area contributed by atoms with E-state index in [1.54, 1.807) is 19.1 Å². The van der Waals surface area contributed by atoms with Crippen LogP contribution in [0, 0.1) is 5.82 Å². The predicted octanol–water partition coefficient (Wildman–Crippen LogP) is 4.77. The van der Waals surface area contributed by atoms with Gasteiger partial charge in [0, 0.05) is 35.6 Å². The zero-order valence-electron chi connectivity index (χ0n) is 15.8. The van der Waals surface area contributed by atoms with Crippen molar-refractivity contribution in [2.24, 2.45) is 12.8 Å². The van der Waals surface area contributed by atoms with Crippen LogP contribution in [0.4, 0.5) is 4.39 Å². The van der Waals surface area contributed by atoms with Gasteiger partial charge in [0.1, 0.15) is 5.82 Å². The van der Waals surface area contributed by atoms with Crippen LogP contribution in [0.25, 0.3) is 32.8 Å². The maximum Gasteiger partial charge on any atom is 0.340 e. The van der Waals surface area contributed by atoms with Crippen molar-refractivity contribution >= 4 is 27.6 Å². The van der Waals surface area contributed by atoms with E-state index in [2.05, 4.69) is 0 Å². The lowest BCUT2D eigenvalue weighted by Gasteiger charge is -2.09. The summed E-state index contributed by atoms with van der Waals surface area (Å²) in [5, 5.41) is 2.24. The van der Waals surface area contributed by atoms with Crippen molar-refractivity contribution < 1.29 is 13.9 Å². The molecule has 142 valence electrons. The molecule has 0 aliphatic rings. The van der Waals surface area contributed by atoms with Crippen molar-refractivity contribution in [2.75, 3.05) is 6.61 Å². The fourth-order valence-corrected chi connectivity index (χ4v) is 3.84. The van der Waals surface area contributed by atoms with Gasteiger partial charge in [0.25, 0.3) is 0 Å². The number of carbonyl (C=O) groups is 1. The normalized spacial score (nSPS) is 11.3. The summed E-state index contributed by atoms with van der Waals surface area (Å²) < 4.78 is 21.3. The number of rotatable bonds is 4. The van der Waals surface area contributed by atoms with Gasteiger partial charge >= 0.3 is 5.97 Å². The van der Waals surface area contributed by atoms with Gasteiger partial charge in [0.15, 0.2) is 0 Å². The van der Waals surface area contributed by atoms with Crippen molar-refractivity contribution in [1.82, 2.24) is 4.57 Å². The maximum absolute atomic E-state index is 14.2. The Bertz CT molecular complexity index is 1210. The summed E-state index contributed by atoms with van der Waals surface area (Å²) in [6.45, 7) is 2.32. The minimum Gasteiger partial charge on any atom is -0.462 e. The van der Waals surface area contributed by atoms with E-state index in [-0.39, 0.29) is 18.3 Å². The second-order valence-electron chi connectivity index (χ2n) is 6.68. The van der Waals surface area contributed by atoms with E-state index < -0.39 is 0 Å². The minimum atomic E-state index is -0.367. The van der Waals surface area contributed by atoms with Crippen LogP contribution >= 0.6 is 0 Å². The molecule has 4 aromatic rings. The van der Waals surface area contributed by atoms with Crippen LogP contribution in [0.5, 0.6) is 0 Å². The molecule has 0 fully saturated rings. The smallest absolute Gasteiger partial charge is 0.340 e. The summed E-state index contributed by atoms with van der Waals surface area (Å²) in [7, 11) is 1.89. The lowest BCUT2D eigenvalue weighted by atomic mass is 9.97. The molecule has 0 amide bonds. The van der Waals surface area contributed by atoms with Crippen LogP contribution in [0.2, 0.25) is 0 Å². The van der Waals surface area contributed by atoms with Crippen molar-refractivity contribution in [3.05, 3.63) is 71.7 Å². The maximum atomic E-state index is 14.2. The van der Waals surface area contributed by atoms with Crippen molar-refractivity contribution in [3.8, 4) is 11.1 Å². The van der Waals surface area contributed by atoms with Gasteiger partial charge in [-0.3, -0.25) is 0 Å². The highest BCUT2D eigenvalue weighted by Gasteiger charge is 2.22. The van der Waals surface area contributed by atoms with Crippen LogP contribution in [-0.4, -0.2) is 17.1 Å². The molecule has 0 aliphatic carbocycles. The quantitative estimate of drug-likeness (QED) is 0.522. The van der Waals surface area contributed by atoms with E-state index in [0.717, 1.165) is 33.1 Å². The zero-order valence-corrected chi connectivity index (χ0v) is 15.8. The van der Waals surface area contributed by atoms with Crippen LogP contribution < -0.4 is 5.73 Å². The number of carbonyl (C=O) groups excluding carboxylic acids is 1. The second-order valence-corrected chi connectivity index (χ2v) is 6.68. The predicted molar refractivity (Wildman–Crippen MR) is 110 cm³/mol. The molecule has 1 aromatic heterocycles. The molecular weight excluding hydrogens is 355 g/mol.